The van der Waals surface area contributed by atoms with Crippen molar-refractivity contribution in [3.8, 4) is 0 Å². The first kappa shape index (κ1) is 28.5. The number of hydrogen-bond donors (Lipinski definition) is 3. The van der Waals surface area contributed by atoms with Crippen molar-refractivity contribution in [3.05, 3.63) is 126 Å². The predicted octanol–water partition coefficient (Wildman–Crippen LogP) is 7.74. The van der Waals surface area contributed by atoms with Crippen molar-refractivity contribution in [1.29, 1.82) is 0 Å². The van der Waals surface area contributed by atoms with Gasteiger partial charge in [-0.1, -0.05) is 82.3 Å². The van der Waals surface area contributed by atoms with Gasteiger partial charge in [0.25, 0.3) is 17.7 Å². The number of carbonyl (C=O) groups excluding carboxylic acids is 3. The lowest BCUT2D eigenvalue weighted by Crippen LogP contribution is -2.19. The van der Waals surface area contributed by atoms with Crippen LogP contribution in [0.25, 0.3) is 0 Å². The molecule has 192 valence electrons. The topological polar surface area (TPSA) is 87.3 Å². The van der Waals surface area contributed by atoms with Gasteiger partial charge in [0.05, 0.1) is 0 Å². The number of rotatable bonds is 6. The number of para-hydroxylation sites is 3. The van der Waals surface area contributed by atoms with E-state index in [-0.39, 0.29) is 18.1 Å². The van der Waals surface area contributed by atoms with Crippen LogP contribution in [0.4, 0.5) is 17.1 Å². The molecule has 0 unspecified atom stereocenters. The van der Waals surface area contributed by atoms with E-state index in [2.05, 4.69) is 16.0 Å². The SMILES string of the molecule is CC.CC.O=C(Nc1ccccc1)c1cc(C(=O)Nc2ccccc2)cc(C(=O)Nc2ccccc2)c1.[HH]. The molecule has 0 radical (unpaired) electrons. The third kappa shape index (κ3) is 8.78. The van der Waals surface area contributed by atoms with E-state index in [0.717, 1.165) is 0 Å². The Morgan fingerprint density at radius 1 is 0.432 bits per heavy atom. The summed E-state index contributed by atoms with van der Waals surface area (Å²) in [6.45, 7) is 8.00. The molecular weight excluding hydrogens is 462 g/mol. The van der Waals surface area contributed by atoms with E-state index in [0.29, 0.717) is 17.1 Å². The lowest BCUT2D eigenvalue weighted by Gasteiger charge is -2.12. The summed E-state index contributed by atoms with van der Waals surface area (Å²) in [4.78, 5) is 38.7. The van der Waals surface area contributed by atoms with Gasteiger partial charge in [-0.25, -0.2) is 0 Å². The Kier molecular flexibility index (Phi) is 11.8. The van der Waals surface area contributed by atoms with Gasteiger partial charge >= 0.3 is 0 Å². The Bertz CT molecular complexity index is 1110. The molecule has 3 N–H and O–H groups in total. The monoisotopic (exact) mass is 497 g/mol. The number of benzene rings is 4. The van der Waals surface area contributed by atoms with Gasteiger partial charge in [0.15, 0.2) is 0 Å². The Balaban J connectivity index is 0.00000138. The first-order valence-corrected chi connectivity index (χ1v) is 12.3. The average molecular weight is 498 g/mol. The van der Waals surface area contributed by atoms with E-state index in [9.17, 15) is 14.4 Å². The van der Waals surface area contributed by atoms with Crippen molar-refractivity contribution in [2.75, 3.05) is 16.0 Å². The minimum atomic E-state index is -0.427. The fraction of sp³-hybridized carbons (Fsp3) is 0.129. The third-order valence-electron chi connectivity index (χ3n) is 4.81. The van der Waals surface area contributed by atoms with Gasteiger partial charge in [-0.15, -0.1) is 0 Å². The number of amides is 3. The van der Waals surface area contributed by atoms with Crippen LogP contribution >= 0.6 is 0 Å². The standard InChI is InChI=1S/C27H21N3O3.2C2H6.H2/c31-25(28-22-10-4-1-5-11-22)19-16-20(26(32)29-23-12-6-2-7-13-23)18-21(17-19)27(33)30-24-14-8-3-9-15-24;2*1-2;/h1-18H,(H,28,31)(H,29,32)(H,30,33);2*1-2H3;1H. The molecule has 6 nitrogen and oxygen atoms in total. The lowest BCUT2D eigenvalue weighted by molar-refractivity contribution is 0.102. The zero-order valence-electron chi connectivity index (χ0n) is 21.6. The van der Waals surface area contributed by atoms with E-state index in [4.69, 9.17) is 0 Å². The first-order chi connectivity index (χ1) is 18.1. The summed E-state index contributed by atoms with van der Waals surface area (Å²) in [5.74, 6) is -1.28. The molecule has 3 amide bonds. The molecule has 0 aromatic heterocycles. The van der Waals surface area contributed by atoms with E-state index in [1.165, 1.54) is 18.2 Å². The van der Waals surface area contributed by atoms with Gasteiger partial charge in [-0.3, -0.25) is 14.4 Å². The molecule has 0 bridgehead atoms. The van der Waals surface area contributed by atoms with E-state index in [1.807, 2.05) is 45.9 Å². The molecule has 0 aliphatic rings. The van der Waals surface area contributed by atoms with Gasteiger partial charge in [0.2, 0.25) is 0 Å². The second-order valence-electron chi connectivity index (χ2n) is 7.26. The molecule has 0 spiro atoms. The van der Waals surface area contributed by atoms with Crippen LogP contribution in [0.5, 0.6) is 0 Å². The normalized spacial score (nSPS) is 9.41. The molecule has 0 aliphatic heterocycles. The van der Waals surface area contributed by atoms with Gasteiger partial charge in [-0.05, 0) is 54.6 Å². The largest absolute Gasteiger partial charge is 0.322 e. The number of hydrogen-bond acceptors (Lipinski definition) is 3. The highest BCUT2D eigenvalue weighted by Crippen LogP contribution is 2.17. The summed E-state index contributed by atoms with van der Waals surface area (Å²) >= 11 is 0. The summed E-state index contributed by atoms with van der Waals surface area (Å²) in [5, 5.41) is 8.36. The van der Waals surface area contributed by atoms with Crippen molar-refractivity contribution >= 4 is 34.8 Å². The average Bonchev–Trinajstić information content (AvgIpc) is 2.96. The van der Waals surface area contributed by atoms with E-state index < -0.39 is 17.7 Å². The maximum absolute atomic E-state index is 12.9. The van der Waals surface area contributed by atoms with Crippen molar-refractivity contribution in [1.82, 2.24) is 0 Å². The number of anilines is 3. The number of nitrogens with one attached hydrogen (secondary N) is 3. The smallest absolute Gasteiger partial charge is 0.255 e. The Labute approximate surface area is 220 Å². The lowest BCUT2D eigenvalue weighted by atomic mass is 10.0. The fourth-order valence-corrected chi connectivity index (χ4v) is 3.20. The molecule has 0 saturated heterocycles. The summed E-state index contributed by atoms with van der Waals surface area (Å²) in [7, 11) is 0. The summed E-state index contributed by atoms with van der Waals surface area (Å²) < 4.78 is 0. The predicted molar refractivity (Wildman–Crippen MR) is 154 cm³/mol. The summed E-state index contributed by atoms with van der Waals surface area (Å²) in [5.41, 5.74) is 2.40. The fourth-order valence-electron chi connectivity index (χ4n) is 3.20. The van der Waals surface area contributed by atoms with Crippen LogP contribution in [-0.2, 0) is 0 Å². The Morgan fingerprint density at radius 2 is 0.649 bits per heavy atom. The quantitative estimate of drug-likeness (QED) is 0.255. The molecule has 0 heterocycles. The minimum absolute atomic E-state index is 0. The molecule has 6 heteroatoms. The molecule has 0 atom stereocenters. The summed E-state index contributed by atoms with van der Waals surface area (Å²) in [6, 6.07) is 31.3. The van der Waals surface area contributed by atoms with Crippen molar-refractivity contribution in [3.63, 3.8) is 0 Å². The second kappa shape index (κ2) is 15.3. The van der Waals surface area contributed by atoms with E-state index >= 15 is 0 Å². The highest BCUT2D eigenvalue weighted by atomic mass is 16.2. The van der Waals surface area contributed by atoms with Crippen LogP contribution in [-0.4, -0.2) is 17.7 Å². The molecule has 37 heavy (non-hydrogen) atoms. The van der Waals surface area contributed by atoms with Crippen LogP contribution in [0, 0.1) is 0 Å². The Hall–Kier alpha value is -4.71. The van der Waals surface area contributed by atoms with E-state index in [1.54, 1.807) is 72.8 Å². The Morgan fingerprint density at radius 3 is 0.865 bits per heavy atom. The maximum Gasteiger partial charge on any atom is 0.255 e. The minimum Gasteiger partial charge on any atom is -0.322 e. The van der Waals surface area contributed by atoms with Gasteiger partial charge in [0, 0.05) is 35.2 Å². The molecule has 4 rings (SSSR count). The van der Waals surface area contributed by atoms with Crippen LogP contribution in [0.15, 0.2) is 109 Å². The van der Waals surface area contributed by atoms with Crippen LogP contribution in [0.2, 0.25) is 0 Å². The van der Waals surface area contributed by atoms with Gasteiger partial charge < -0.3 is 16.0 Å². The zero-order valence-corrected chi connectivity index (χ0v) is 21.6. The molecule has 0 aliphatic carbocycles. The van der Waals surface area contributed by atoms with Crippen molar-refractivity contribution in [2.24, 2.45) is 0 Å². The van der Waals surface area contributed by atoms with Crippen LogP contribution < -0.4 is 16.0 Å². The molecule has 4 aromatic rings. The van der Waals surface area contributed by atoms with Crippen LogP contribution in [0.1, 0.15) is 60.2 Å². The molecule has 0 fully saturated rings. The molecule has 4 aromatic carbocycles. The molecular formula is C31H35N3O3. The zero-order chi connectivity index (χ0) is 27.0. The first-order valence-electron chi connectivity index (χ1n) is 12.3. The highest BCUT2D eigenvalue weighted by Gasteiger charge is 2.17. The van der Waals surface area contributed by atoms with Gasteiger partial charge in [-0.2, -0.15) is 0 Å². The third-order valence-corrected chi connectivity index (χ3v) is 4.81. The van der Waals surface area contributed by atoms with Gasteiger partial charge in [0.1, 0.15) is 0 Å². The summed E-state index contributed by atoms with van der Waals surface area (Å²) in [6.07, 6.45) is 0. The van der Waals surface area contributed by atoms with Crippen LogP contribution in [0.3, 0.4) is 0 Å². The maximum atomic E-state index is 12.9. The van der Waals surface area contributed by atoms with Crippen molar-refractivity contribution in [2.45, 2.75) is 27.7 Å². The molecule has 0 saturated carbocycles. The second-order valence-corrected chi connectivity index (χ2v) is 7.26. The number of carbonyl (C=O) groups is 3. The highest BCUT2D eigenvalue weighted by molar-refractivity contribution is 6.12. The van der Waals surface area contributed by atoms with Crippen molar-refractivity contribution < 1.29 is 15.8 Å².